The Morgan fingerprint density at radius 1 is 0.396 bits per heavy atom. The Morgan fingerprint density at radius 2 is 0.919 bits per heavy atom. The maximum Gasteiger partial charge on any atom is 0.272 e. The molecule has 0 saturated carbocycles. The van der Waals surface area contributed by atoms with Gasteiger partial charge in [-0.15, -0.1) is 0 Å². The second kappa shape index (κ2) is 43.3. The van der Waals surface area contributed by atoms with Crippen LogP contribution in [0.1, 0.15) is 126 Å². The topological polar surface area (TPSA) is 409 Å². The van der Waals surface area contributed by atoms with E-state index in [0.717, 1.165) is 94.5 Å². The average molecular weight is 2010 g/mol. The molecule has 0 spiro atoms. The number of pyridine rings is 6. The first-order chi connectivity index (χ1) is 72.7. The van der Waals surface area contributed by atoms with E-state index in [9.17, 15) is 28.4 Å². The number of benzene rings is 10. The minimum atomic E-state index is -0.588. The first kappa shape index (κ1) is 97.4. The monoisotopic (exact) mass is 2010 g/mol. The Balaban J connectivity index is 0.000000113. The number of carbonyl (C=O) groups excluding carboxylic acids is 1. The molecule has 14 heterocycles. The van der Waals surface area contributed by atoms with Gasteiger partial charge in [-0.05, 0) is 215 Å². The molecule has 736 valence electrons. The third-order valence-corrected chi connectivity index (χ3v) is 26.0. The van der Waals surface area contributed by atoms with Gasteiger partial charge in [0.15, 0.2) is 28.7 Å². The van der Waals surface area contributed by atoms with Gasteiger partial charge in [-0.25, -0.2) is 59.2 Å². The summed E-state index contributed by atoms with van der Waals surface area (Å²) < 4.78 is 21.1. The van der Waals surface area contributed by atoms with Crippen LogP contribution in [0, 0.1) is 26.6 Å². The van der Waals surface area contributed by atoms with Crippen molar-refractivity contribution in [1.82, 2.24) is 113 Å². The summed E-state index contributed by atoms with van der Waals surface area (Å²) in [7, 11) is 0. The fraction of sp³-hybridized carbons (Fsp3) is 0.114. The Hall–Kier alpha value is -19.0. The molecule has 0 radical (unpaired) electrons. The lowest BCUT2D eigenvalue weighted by Gasteiger charge is -2.22. The number of fused-ring (bicyclic) bond motifs is 9. The fourth-order valence-corrected chi connectivity index (χ4v) is 18.7. The van der Waals surface area contributed by atoms with Crippen LogP contribution in [0.15, 0.2) is 367 Å². The van der Waals surface area contributed by atoms with E-state index in [0.29, 0.717) is 106 Å². The molecule has 0 unspecified atom stereocenters. The smallest absolute Gasteiger partial charge is 0.272 e. The van der Waals surface area contributed by atoms with Gasteiger partial charge < -0.3 is 46.5 Å². The van der Waals surface area contributed by atoms with Crippen LogP contribution in [-0.2, 0) is 0 Å². The van der Waals surface area contributed by atoms with E-state index < -0.39 is 17.4 Å². The third-order valence-electron chi connectivity index (χ3n) is 25.4. The van der Waals surface area contributed by atoms with Crippen LogP contribution in [0.4, 0.5) is 27.5 Å². The lowest BCUT2D eigenvalue weighted by atomic mass is 10.0. The Morgan fingerprint density at radius 3 is 1.52 bits per heavy atom. The summed E-state index contributed by atoms with van der Waals surface area (Å²) in [5.74, 6) is 1.43. The Bertz CT molecular complexity index is 9340. The van der Waals surface area contributed by atoms with Crippen molar-refractivity contribution in [2.75, 3.05) is 21.3 Å². The number of amides is 1. The minimum absolute atomic E-state index is 0.0301. The van der Waals surface area contributed by atoms with Crippen LogP contribution in [0.25, 0.3) is 121 Å². The zero-order valence-corrected chi connectivity index (χ0v) is 82.7. The molecule has 0 bridgehead atoms. The van der Waals surface area contributed by atoms with Crippen molar-refractivity contribution in [2.24, 2.45) is 0 Å². The number of aromatic amines is 4. The van der Waals surface area contributed by atoms with Crippen molar-refractivity contribution in [3.05, 3.63) is 462 Å². The predicted molar refractivity (Wildman–Crippen MR) is 584 cm³/mol. The van der Waals surface area contributed by atoms with Crippen molar-refractivity contribution in [2.45, 2.75) is 85.1 Å². The van der Waals surface area contributed by atoms with E-state index in [1.807, 2.05) is 241 Å². The number of imidazole rings is 4. The number of carbonyl (C=O) groups is 1. The Labute approximate surface area is 858 Å². The molecular formula is C114H94Cl2FN27O5. The van der Waals surface area contributed by atoms with Crippen molar-refractivity contribution >= 4 is 151 Å². The largest absolute Gasteiger partial charge is 0.375 e. The number of rotatable bonds is 21. The summed E-state index contributed by atoms with van der Waals surface area (Å²) >= 11 is 12.7. The second-order valence-electron chi connectivity index (χ2n) is 35.2. The maximum absolute atomic E-state index is 14.6. The molecule has 32 nitrogen and oxygen atoms in total. The molecule has 0 aliphatic carbocycles. The molecule has 24 rings (SSSR count). The van der Waals surface area contributed by atoms with E-state index >= 15 is 0 Å². The zero-order valence-electron chi connectivity index (χ0n) is 81.2. The van der Waals surface area contributed by atoms with Gasteiger partial charge >= 0.3 is 0 Å². The zero-order chi connectivity index (χ0) is 103. The van der Waals surface area contributed by atoms with Crippen LogP contribution >= 0.6 is 23.2 Å². The first-order valence-electron chi connectivity index (χ1n) is 47.8. The summed E-state index contributed by atoms with van der Waals surface area (Å²) in [6.45, 7) is 13.7. The van der Waals surface area contributed by atoms with Gasteiger partial charge in [0.25, 0.3) is 28.1 Å². The van der Waals surface area contributed by atoms with Gasteiger partial charge in [0.2, 0.25) is 0 Å². The average Bonchev–Trinajstić information content (AvgIpc) is 1.72. The SMILES string of the molecule is CC[C@H](Nc1nccc2[nH]cnc12)c1nc2cccc(F)c2c(=O)n1-c1ccccc1.C[C@H](Nc1cccc2[nH]cnc12)c1cc2cccc(Cl)c2c(=O)n1-c1ccccc1.Cc1ccc2cc([C@@H](Nc3ncnc4nc[nH]c34)c3ccccn3)cnc2c1.Cc1ccc2cc([C@H](C)Nc3ncnc4nc[nH]c34)n(-c3ccccc3)c(=O)c2c1.Cc1nccnc1C(=O)N[C@@H](C)c1cc2cccc(Cl)c2c(=O)n1-c1ccccc1. The number of nitrogens with one attached hydrogen (secondary N) is 9. The highest BCUT2D eigenvalue weighted by Gasteiger charge is 2.29. The molecule has 10 aromatic carbocycles. The minimum Gasteiger partial charge on any atom is -0.375 e. The van der Waals surface area contributed by atoms with Crippen LogP contribution in [0.2, 0.25) is 10.0 Å². The van der Waals surface area contributed by atoms with Crippen LogP contribution in [-0.4, -0.2) is 114 Å². The van der Waals surface area contributed by atoms with Gasteiger partial charge in [0.05, 0.1) is 121 Å². The lowest BCUT2D eigenvalue weighted by molar-refractivity contribution is 0.0932. The van der Waals surface area contributed by atoms with Crippen LogP contribution in [0.3, 0.4) is 0 Å². The highest BCUT2D eigenvalue weighted by molar-refractivity contribution is 6.36. The quantitative estimate of drug-likeness (QED) is 0.0323. The fourth-order valence-electron chi connectivity index (χ4n) is 18.2. The van der Waals surface area contributed by atoms with Crippen LogP contribution in [0.5, 0.6) is 0 Å². The second-order valence-corrected chi connectivity index (χ2v) is 36.1. The van der Waals surface area contributed by atoms with E-state index in [1.165, 1.54) is 41.2 Å². The number of halogens is 3. The molecule has 9 N–H and O–H groups in total. The molecule has 35 heteroatoms. The lowest BCUT2D eigenvalue weighted by Crippen LogP contribution is -2.33. The molecule has 24 aromatic rings. The van der Waals surface area contributed by atoms with Crippen molar-refractivity contribution < 1.29 is 9.18 Å². The number of aromatic nitrogens is 22. The predicted octanol–water partition coefficient (Wildman–Crippen LogP) is 22.2. The van der Waals surface area contributed by atoms with E-state index in [1.54, 1.807) is 101 Å². The molecule has 149 heavy (non-hydrogen) atoms. The normalized spacial score (nSPS) is 12.3. The number of H-pyrrole nitrogens is 4. The van der Waals surface area contributed by atoms with Gasteiger partial charge in [-0.3, -0.25) is 57.2 Å². The maximum atomic E-state index is 14.6. The van der Waals surface area contributed by atoms with E-state index in [-0.39, 0.29) is 57.8 Å². The van der Waals surface area contributed by atoms with Crippen LogP contribution < -0.4 is 48.8 Å². The number of para-hydroxylation sites is 5. The van der Waals surface area contributed by atoms with Gasteiger partial charge in [0.1, 0.15) is 57.4 Å². The first-order valence-corrected chi connectivity index (χ1v) is 48.6. The van der Waals surface area contributed by atoms with Gasteiger partial charge in [0, 0.05) is 75.9 Å². The highest BCUT2D eigenvalue weighted by Crippen LogP contribution is 2.36. The standard InChI is InChI=1S/C24H19ClN4O.C23H19ClN4O2.C23H19FN6O.C23H20N6O.C21H17N7/c1-15(28-20-12-6-11-19-23(20)27-14-26-19)21-13-16-7-5-10-18(25)22(16)24(30)29(21)17-8-3-2-4-9-17;1-14(27-22(29)21-15(2)25-11-12-26-21)19-13-16-7-6-10-18(24)20(16)23(30)28(19)17-8-4-3-5-9-17;1-2-16(28-21-20-18(11-12-25-21)26-13-27-20)22-29-17-10-6-9-15(24)19(17)23(31)30(22)14-7-4-3-5-8-14;1-14-8-9-16-11-19(15(2)28-22-20-21(25-12-24-20)26-13-27-22)29(23(30)18(16)10-14)17-6-4-3-5-7-17;1-13-5-6-14-9-15(10-23-17(14)8-13)18(16-4-2-3-7-22-16)28-21-19-20(25-11-24-19)26-12-27-21/h2-15,28H,1H3,(H,26,27);3-14H,1-2H3,(H,27,29);3-13,16H,2H2,1H3,(H,25,28)(H,26,27);3-13,15H,1-2H3,(H2,24,25,26,27,28);2-12,18H,1H3,(H2,24,25,26,27,28)/t15-;14-;16-;15-;18-/m00001/s1. The summed E-state index contributed by atoms with van der Waals surface area (Å²) in [4.78, 5) is 140. The summed E-state index contributed by atoms with van der Waals surface area (Å²) in [6.07, 6.45) is 18.5. The molecule has 0 aliphatic heterocycles. The van der Waals surface area contributed by atoms with Crippen molar-refractivity contribution in [3.63, 3.8) is 0 Å². The van der Waals surface area contributed by atoms with Crippen molar-refractivity contribution in [3.8, 4) is 22.7 Å². The summed E-state index contributed by atoms with van der Waals surface area (Å²) in [6, 6.07) is 85.6. The molecule has 0 fully saturated rings. The third kappa shape index (κ3) is 20.4. The summed E-state index contributed by atoms with van der Waals surface area (Å²) in [5.41, 5.74) is 17.5. The van der Waals surface area contributed by atoms with Gasteiger partial charge in [-0.1, -0.05) is 175 Å². The van der Waals surface area contributed by atoms with Crippen molar-refractivity contribution in [1.29, 1.82) is 0 Å². The highest BCUT2D eigenvalue weighted by atomic mass is 35.5. The molecule has 0 saturated heterocycles. The number of anilines is 4. The number of aryl methyl sites for hydroxylation is 3. The molecular weight excluding hydrogens is 1920 g/mol. The number of hydrogen-bond donors (Lipinski definition) is 9. The number of nitrogens with zero attached hydrogens (tertiary/aromatic N) is 18. The Kier molecular flexibility index (Phi) is 28.3. The molecule has 1 amide bonds. The molecule has 14 aromatic heterocycles. The molecule has 5 atom stereocenters. The van der Waals surface area contributed by atoms with E-state index in [4.69, 9.17) is 28.2 Å². The van der Waals surface area contributed by atoms with Gasteiger partial charge in [-0.2, -0.15) is 0 Å². The molecule has 0 aliphatic rings. The summed E-state index contributed by atoms with van der Waals surface area (Å²) in [5, 5.41) is 22.8. The number of hydrogen-bond acceptors (Lipinski definition) is 23. The van der Waals surface area contributed by atoms with E-state index in [2.05, 4.69) is 149 Å².